The zero-order valence-electron chi connectivity index (χ0n) is 11.7. The Hall–Kier alpha value is -1.42. The number of carbonyl (C=O) groups excluding carboxylic acids is 1. The number of hydrogen-bond acceptors (Lipinski definition) is 3. The lowest BCUT2D eigenvalue weighted by atomic mass is 10.0. The average Bonchev–Trinajstić information content (AvgIpc) is 2.34. The predicted octanol–water partition coefficient (Wildman–Crippen LogP) is 1.72. The summed E-state index contributed by atoms with van der Waals surface area (Å²) in [5.41, 5.74) is 7.77. The van der Waals surface area contributed by atoms with Crippen molar-refractivity contribution in [1.82, 2.24) is 9.88 Å². The third-order valence-electron chi connectivity index (χ3n) is 3.00. The molecule has 0 aliphatic carbocycles. The molecule has 0 fully saturated rings. The summed E-state index contributed by atoms with van der Waals surface area (Å²) in [5.74, 6) is 0.146. The molecule has 0 aliphatic heterocycles. The van der Waals surface area contributed by atoms with Crippen molar-refractivity contribution < 1.29 is 4.79 Å². The average molecular weight is 249 g/mol. The maximum atomic E-state index is 12.2. The molecule has 0 radical (unpaired) electrons. The first-order chi connectivity index (χ1) is 8.45. The first-order valence-electron chi connectivity index (χ1n) is 6.42. The number of amides is 1. The molecular formula is C14H23N3O. The Balaban J connectivity index is 2.76. The van der Waals surface area contributed by atoms with E-state index in [2.05, 4.69) is 4.98 Å². The number of pyridine rings is 1. The van der Waals surface area contributed by atoms with E-state index in [4.69, 9.17) is 5.73 Å². The highest BCUT2D eigenvalue weighted by atomic mass is 16.2. The van der Waals surface area contributed by atoms with E-state index in [0.29, 0.717) is 13.1 Å². The van der Waals surface area contributed by atoms with Crippen molar-refractivity contribution in [2.75, 3.05) is 6.54 Å². The van der Waals surface area contributed by atoms with E-state index in [1.165, 1.54) is 0 Å². The van der Waals surface area contributed by atoms with Gasteiger partial charge in [-0.05, 0) is 31.9 Å². The van der Waals surface area contributed by atoms with Gasteiger partial charge in [-0.15, -0.1) is 0 Å². The van der Waals surface area contributed by atoms with Crippen molar-refractivity contribution in [3.63, 3.8) is 0 Å². The van der Waals surface area contributed by atoms with Crippen LogP contribution in [0, 0.1) is 12.8 Å². The number of nitrogens with zero attached hydrogens (tertiary/aromatic N) is 2. The third kappa shape index (κ3) is 3.81. The van der Waals surface area contributed by atoms with Crippen molar-refractivity contribution >= 4 is 5.91 Å². The standard InChI is InChI=1S/C14H23N3O/c1-5-17(14(18)13(15)10(2)3)9-12-8-6-7-11(4)16-12/h6-8,10,13H,5,9,15H2,1-4H3. The lowest BCUT2D eigenvalue weighted by molar-refractivity contribution is -0.134. The van der Waals surface area contributed by atoms with E-state index in [9.17, 15) is 4.79 Å². The summed E-state index contributed by atoms with van der Waals surface area (Å²) in [6.07, 6.45) is 0. The highest BCUT2D eigenvalue weighted by Gasteiger charge is 2.22. The molecule has 1 atom stereocenters. The summed E-state index contributed by atoms with van der Waals surface area (Å²) < 4.78 is 0. The van der Waals surface area contributed by atoms with Crippen LogP contribution in [0.25, 0.3) is 0 Å². The lowest BCUT2D eigenvalue weighted by Gasteiger charge is -2.25. The predicted molar refractivity (Wildman–Crippen MR) is 72.9 cm³/mol. The van der Waals surface area contributed by atoms with Gasteiger partial charge in [-0.3, -0.25) is 9.78 Å². The van der Waals surface area contributed by atoms with Crippen LogP contribution in [0.3, 0.4) is 0 Å². The molecule has 1 heterocycles. The van der Waals surface area contributed by atoms with Crippen molar-refractivity contribution in [1.29, 1.82) is 0 Å². The first-order valence-corrected chi connectivity index (χ1v) is 6.42. The summed E-state index contributed by atoms with van der Waals surface area (Å²) in [5, 5.41) is 0. The van der Waals surface area contributed by atoms with Gasteiger partial charge in [-0.1, -0.05) is 19.9 Å². The molecule has 0 spiro atoms. The summed E-state index contributed by atoms with van der Waals surface area (Å²) in [6, 6.07) is 5.40. The molecule has 4 nitrogen and oxygen atoms in total. The van der Waals surface area contributed by atoms with Crippen LogP contribution in [0.1, 0.15) is 32.2 Å². The van der Waals surface area contributed by atoms with Crippen LogP contribution in [-0.2, 0) is 11.3 Å². The minimum absolute atomic E-state index is 0.00388. The fourth-order valence-electron chi connectivity index (χ4n) is 1.72. The summed E-state index contributed by atoms with van der Waals surface area (Å²) in [6.45, 7) is 9.00. The minimum atomic E-state index is -0.435. The molecule has 0 bridgehead atoms. The zero-order valence-corrected chi connectivity index (χ0v) is 11.7. The van der Waals surface area contributed by atoms with Crippen LogP contribution < -0.4 is 5.73 Å². The van der Waals surface area contributed by atoms with Crippen molar-refractivity contribution in [3.8, 4) is 0 Å². The van der Waals surface area contributed by atoms with Gasteiger partial charge < -0.3 is 10.6 Å². The van der Waals surface area contributed by atoms with Crippen LogP contribution in [0.2, 0.25) is 0 Å². The van der Waals surface area contributed by atoms with Gasteiger partial charge in [0.15, 0.2) is 0 Å². The van der Waals surface area contributed by atoms with E-state index in [-0.39, 0.29) is 11.8 Å². The van der Waals surface area contributed by atoms with E-state index in [1.807, 2.05) is 45.9 Å². The number of aryl methyl sites for hydroxylation is 1. The van der Waals surface area contributed by atoms with Crippen LogP contribution in [0.15, 0.2) is 18.2 Å². The fraction of sp³-hybridized carbons (Fsp3) is 0.571. The van der Waals surface area contributed by atoms with Gasteiger partial charge >= 0.3 is 0 Å². The smallest absolute Gasteiger partial charge is 0.240 e. The SMILES string of the molecule is CCN(Cc1cccc(C)n1)C(=O)C(N)C(C)C. The Morgan fingerprint density at radius 3 is 2.61 bits per heavy atom. The second kappa shape index (κ2) is 6.50. The van der Waals surface area contributed by atoms with Crippen LogP contribution >= 0.6 is 0 Å². The van der Waals surface area contributed by atoms with Crippen molar-refractivity contribution in [3.05, 3.63) is 29.6 Å². The number of likely N-dealkylation sites (N-methyl/N-ethyl adjacent to an activating group) is 1. The van der Waals surface area contributed by atoms with Gasteiger partial charge in [0.2, 0.25) is 5.91 Å². The summed E-state index contributed by atoms with van der Waals surface area (Å²) >= 11 is 0. The summed E-state index contributed by atoms with van der Waals surface area (Å²) in [4.78, 5) is 18.3. The van der Waals surface area contributed by atoms with Gasteiger partial charge in [-0.2, -0.15) is 0 Å². The molecule has 4 heteroatoms. The van der Waals surface area contributed by atoms with Gasteiger partial charge in [0.25, 0.3) is 0 Å². The minimum Gasteiger partial charge on any atom is -0.336 e. The van der Waals surface area contributed by atoms with Gasteiger partial charge in [0, 0.05) is 12.2 Å². The molecule has 0 saturated carbocycles. The van der Waals surface area contributed by atoms with Gasteiger partial charge in [0.1, 0.15) is 0 Å². The number of nitrogens with two attached hydrogens (primary N) is 1. The highest BCUT2D eigenvalue weighted by Crippen LogP contribution is 2.08. The van der Waals surface area contributed by atoms with Crippen molar-refractivity contribution in [2.45, 2.75) is 40.3 Å². The maximum Gasteiger partial charge on any atom is 0.240 e. The molecule has 1 unspecified atom stereocenters. The monoisotopic (exact) mass is 249 g/mol. The molecule has 0 saturated heterocycles. The topological polar surface area (TPSA) is 59.2 Å². The molecule has 0 aromatic carbocycles. The second-order valence-electron chi connectivity index (χ2n) is 4.89. The van der Waals surface area contributed by atoms with Crippen LogP contribution in [0.4, 0.5) is 0 Å². The van der Waals surface area contributed by atoms with Gasteiger partial charge in [0.05, 0.1) is 18.3 Å². The number of hydrogen-bond donors (Lipinski definition) is 1. The van der Waals surface area contributed by atoms with Crippen LogP contribution in [0.5, 0.6) is 0 Å². The Bertz CT molecular complexity index is 404. The first kappa shape index (κ1) is 14.6. The van der Waals surface area contributed by atoms with Crippen LogP contribution in [-0.4, -0.2) is 28.4 Å². The Morgan fingerprint density at radius 1 is 1.44 bits per heavy atom. The molecule has 100 valence electrons. The van der Waals surface area contributed by atoms with Gasteiger partial charge in [-0.25, -0.2) is 0 Å². The maximum absolute atomic E-state index is 12.2. The van der Waals surface area contributed by atoms with Crippen molar-refractivity contribution in [2.24, 2.45) is 11.7 Å². The zero-order chi connectivity index (χ0) is 13.7. The third-order valence-corrected chi connectivity index (χ3v) is 3.00. The molecule has 1 amide bonds. The Labute approximate surface area is 109 Å². The molecule has 18 heavy (non-hydrogen) atoms. The molecule has 1 rings (SSSR count). The highest BCUT2D eigenvalue weighted by molar-refractivity contribution is 5.81. The molecule has 1 aromatic heterocycles. The summed E-state index contributed by atoms with van der Waals surface area (Å²) in [7, 11) is 0. The molecular weight excluding hydrogens is 226 g/mol. The van der Waals surface area contributed by atoms with E-state index in [1.54, 1.807) is 4.90 Å². The second-order valence-corrected chi connectivity index (χ2v) is 4.89. The Kier molecular flexibility index (Phi) is 5.28. The fourth-order valence-corrected chi connectivity index (χ4v) is 1.72. The normalized spacial score (nSPS) is 12.6. The lowest BCUT2D eigenvalue weighted by Crippen LogP contribution is -2.46. The quantitative estimate of drug-likeness (QED) is 0.864. The molecule has 0 aliphatic rings. The van der Waals surface area contributed by atoms with E-state index in [0.717, 1.165) is 11.4 Å². The number of aromatic nitrogens is 1. The molecule has 2 N–H and O–H groups in total. The number of rotatable bonds is 5. The number of carbonyl (C=O) groups is 1. The largest absolute Gasteiger partial charge is 0.336 e. The molecule has 1 aromatic rings. The van der Waals surface area contributed by atoms with E-state index < -0.39 is 6.04 Å². The van der Waals surface area contributed by atoms with E-state index >= 15 is 0 Å². The Morgan fingerprint density at radius 2 is 2.11 bits per heavy atom.